The Labute approximate surface area is 285 Å². The van der Waals surface area contributed by atoms with Gasteiger partial charge >= 0.3 is 0 Å². The highest BCUT2D eigenvalue weighted by Crippen LogP contribution is 2.53. The number of aromatic nitrogens is 2. The van der Waals surface area contributed by atoms with Crippen molar-refractivity contribution in [1.29, 1.82) is 0 Å². The molecule has 6 aromatic carbocycles. The Bertz CT molecular complexity index is 2730. The molecule has 6 heteroatoms. The lowest BCUT2D eigenvalue weighted by Crippen LogP contribution is -2.31. The average Bonchev–Trinajstić information content (AvgIpc) is 3.47. The van der Waals surface area contributed by atoms with Crippen molar-refractivity contribution in [3.8, 4) is 5.69 Å². The lowest BCUT2D eigenvalue weighted by molar-refractivity contribution is 0.592. The number of hydrogen-bond donors (Lipinski definition) is 0. The van der Waals surface area contributed by atoms with Crippen LogP contribution in [-0.2, 0) is 15.3 Å². The SMILES string of the molecule is Cc1nc(S(=O)(=O)c2ccccc2)ccc1N1c2ccccc2C(C)(C)c2cc(-n3c4ccccc4c4ccc5ccccc5c43)ccc21. The number of anilines is 3. The van der Waals surface area contributed by atoms with E-state index in [4.69, 9.17) is 4.98 Å². The first-order valence-electron chi connectivity index (χ1n) is 16.5. The van der Waals surface area contributed by atoms with Crippen molar-refractivity contribution in [3.63, 3.8) is 0 Å². The number of para-hydroxylation sites is 2. The van der Waals surface area contributed by atoms with Crippen LogP contribution in [0.1, 0.15) is 30.7 Å². The Hall–Kier alpha value is -5.72. The number of nitrogens with zero attached hydrogens (tertiary/aromatic N) is 3. The first-order chi connectivity index (χ1) is 23.7. The van der Waals surface area contributed by atoms with E-state index in [1.807, 2.05) is 19.1 Å². The fourth-order valence-corrected chi connectivity index (χ4v) is 8.99. The molecule has 2 aromatic heterocycles. The Balaban J connectivity index is 1.27. The van der Waals surface area contributed by atoms with Crippen LogP contribution in [0.5, 0.6) is 0 Å². The Kier molecular flexibility index (Phi) is 6.39. The third kappa shape index (κ3) is 4.30. The van der Waals surface area contributed by atoms with Crippen molar-refractivity contribution in [3.05, 3.63) is 162 Å². The van der Waals surface area contributed by atoms with Gasteiger partial charge in [-0.25, -0.2) is 13.4 Å². The molecule has 0 saturated heterocycles. The van der Waals surface area contributed by atoms with E-state index in [0.717, 1.165) is 28.3 Å². The summed E-state index contributed by atoms with van der Waals surface area (Å²) in [7, 11) is -3.76. The molecule has 3 heterocycles. The molecule has 0 radical (unpaired) electrons. The summed E-state index contributed by atoms with van der Waals surface area (Å²) in [6.45, 7) is 6.46. The second kappa shape index (κ2) is 10.6. The quantitative estimate of drug-likeness (QED) is 0.189. The Morgan fingerprint density at radius 1 is 0.592 bits per heavy atom. The van der Waals surface area contributed by atoms with Crippen molar-refractivity contribution in [1.82, 2.24) is 9.55 Å². The van der Waals surface area contributed by atoms with Gasteiger partial charge in [0.15, 0.2) is 5.03 Å². The second-order valence-electron chi connectivity index (χ2n) is 13.3. The molecule has 5 nitrogen and oxygen atoms in total. The van der Waals surface area contributed by atoms with Gasteiger partial charge in [0.05, 0.1) is 38.7 Å². The standard InChI is InChI=1S/C43H33N3O2S/c1-28-37(25-26-41(44-28)49(47,48)31-14-5-4-6-15-31)46-39-20-12-10-18-35(39)43(2,3)36-27-30(22-24-40(36)46)45-38-19-11-9-17-33(38)34-23-21-29-13-7-8-16-32(29)42(34)45/h4-27H,1-3H3. The van der Waals surface area contributed by atoms with Crippen molar-refractivity contribution >= 4 is 59.5 Å². The summed E-state index contributed by atoms with van der Waals surface area (Å²) in [5, 5.41) is 4.91. The van der Waals surface area contributed by atoms with Crippen LogP contribution in [0.2, 0.25) is 0 Å². The van der Waals surface area contributed by atoms with Crippen LogP contribution < -0.4 is 4.90 Å². The molecule has 0 spiro atoms. The second-order valence-corrected chi connectivity index (χ2v) is 15.2. The molecule has 0 bridgehead atoms. The van der Waals surface area contributed by atoms with Gasteiger partial charge in [0.2, 0.25) is 9.84 Å². The Morgan fingerprint density at radius 3 is 2.08 bits per heavy atom. The third-order valence-electron chi connectivity index (χ3n) is 10.1. The van der Waals surface area contributed by atoms with Crippen LogP contribution in [0.15, 0.2) is 156 Å². The topological polar surface area (TPSA) is 55.2 Å². The van der Waals surface area contributed by atoms with Gasteiger partial charge in [0, 0.05) is 27.3 Å². The van der Waals surface area contributed by atoms with Crippen molar-refractivity contribution in [2.45, 2.75) is 36.1 Å². The number of aryl methyl sites for hydroxylation is 1. The lowest BCUT2D eigenvalue weighted by Gasteiger charge is -2.42. The molecular weight excluding hydrogens is 623 g/mol. The van der Waals surface area contributed by atoms with E-state index in [9.17, 15) is 8.42 Å². The van der Waals surface area contributed by atoms with E-state index in [2.05, 4.69) is 126 Å². The highest BCUT2D eigenvalue weighted by Gasteiger charge is 2.38. The average molecular weight is 656 g/mol. The zero-order valence-corrected chi connectivity index (χ0v) is 28.2. The molecule has 1 aliphatic rings. The summed E-state index contributed by atoms with van der Waals surface area (Å²) < 4.78 is 29.4. The molecule has 8 aromatic rings. The number of sulfone groups is 1. The molecule has 0 unspecified atom stereocenters. The van der Waals surface area contributed by atoms with Crippen molar-refractivity contribution in [2.75, 3.05) is 4.90 Å². The van der Waals surface area contributed by atoms with Gasteiger partial charge in [0.25, 0.3) is 0 Å². The minimum absolute atomic E-state index is 0.0414. The van der Waals surface area contributed by atoms with Crippen LogP contribution in [0, 0.1) is 6.92 Å². The Morgan fingerprint density at radius 2 is 1.27 bits per heavy atom. The van der Waals surface area contributed by atoms with Gasteiger partial charge < -0.3 is 9.47 Å². The largest absolute Gasteiger partial charge is 0.309 e. The molecule has 0 amide bonds. The summed E-state index contributed by atoms with van der Waals surface area (Å²) in [6, 6.07) is 48.9. The number of rotatable bonds is 4. The first kappa shape index (κ1) is 29.4. The molecule has 1 aliphatic heterocycles. The highest BCUT2D eigenvalue weighted by atomic mass is 32.2. The summed E-state index contributed by atoms with van der Waals surface area (Å²) >= 11 is 0. The highest BCUT2D eigenvalue weighted by molar-refractivity contribution is 7.91. The first-order valence-corrected chi connectivity index (χ1v) is 18.0. The van der Waals surface area contributed by atoms with Crippen LogP contribution in [-0.4, -0.2) is 18.0 Å². The smallest absolute Gasteiger partial charge is 0.223 e. The van der Waals surface area contributed by atoms with Crippen LogP contribution in [0.4, 0.5) is 17.1 Å². The fraction of sp³-hybridized carbons (Fsp3) is 0.0930. The maximum Gasteiger partial charge on any atom is 0.223 e. The number of benzene rings is 6. The minimum Gasteiger partial charge on any atom is -0.309 e. The molecule has 9 rings (SSSR count). The summed E-state index contributed by atoms with van der Waals surface area (Å²) in [4.78, 5) is 7.17. The molecule has 0 aliphatic carbocycles. The molecule has 0 saturated carbocycles. The van der Waals surface area contributed by atoms with Gasteiger partial charge in [-0.05, 0) is 78.0 Å². The van der Waals surface area contributed by atoms with E-state index < -0.39 is 9.84 Å². The molecule has 0 fully saturated rings. The summed E-state index contributed by atoms with van der Waals surface area (Å²) in [5.41, 5.74) is 9.06. The van der Waals surface area contributed by atoms with E-state index in [0.29, 0.717) is 5.69 Å². The van der Waals surface area contributed by atoms with E-state index in [1.165, 1.54) is 38.2 Å². The molecule has 0 N–H and O–H groups in total. The fourth-order valence-electron chi connectivity index (χ4n) is 7.73. The summed E-state index contributed by atoms with van der Waals surface area (Å²) in [6.07, 6.45) is 0. The predicted octanol–water partition coefficient (Wildman–Crippen LogP) is 10.6. The monoisotopic (exact) mass is 655 g/mol. The molecule has 0 atom stereocenters. The van der Waals surface area contributed by atoms with E-state index in [-0.39, 0.29) is 15.3 Å². The minimum atomic E-state index is -3.76. The molecule has 238 valence electrons. The maximum atomic E-state index is 13.5. The summed E-state index contributed by atoms with van der Waals surface area (Å²) in [5.74, 6) is 0. The van der Waals surface area contributed by atoms with Crippen LogP contribution >= 0.6 is 0 Å². The van der Waals surface area contributed by atoms with E-state index in [1.54, 1.807) is 30.3 Å². The van der Waals surface area contributed by atoms with Crippen molar-refractivity contribution in [2.24, 2.45) is 0 Å². The number of hydrogen-bond acceptors (Lipinski definition) is 4. The molecule has 49 heavy (non-hydrogen) atoms. The van der Waals surface area contributed by atoms with Gasteiger partial charge in [0.1, 0.15) is 0 Å². The molecular formula is C43H33N3O2S. The van der Waals surface area contributed by atoms with Gasteiger partial charge in [-0.2, -0.15) is 0 Å². The number of fused-ring (bicyclic) bond motifs is 7. The van der Waals surface area contributed by atoms with E-state index >= 15 is 0 Å². The zero-order valence-electron chi connectivity index (χ0n) is 27.4. The zero-order chi connectivity index (χ0) is 33.5. The maximum absolute atomic E-state index is 13.5. The lowest BCUT2D eigenvalue weighted by atomic mass is 9.73. The van der Waals surface area contributed by atoms with Crippen LogP contribution in [0.25, 0.3) is 38.3 Å². The van der Waals surface area contributed by atoms with Crippen molar-refractivity contribution < 1.29 is 8.42 Å². The van der Waals surface area contributed by atoms with Crippen LogP contribution in [0.3, 0.4) is 0 Å². The predicted molar refractivity (Wildman–Crippen MR) is 200 cm³/mol. The normalized spacial score (nSPS) is 13.9. The number of pyridine rings is 1. The third-order valence-corrected chi connectivity index (χ3v) is 11.8. The van der Waals surface area contributed by atoms with Gasteiger partial charge in [-0.15, -0.1) is 0 Å². The van der Waals surface area contributed by atoms with Gasteiger partial charge in [-0.3, -0.25) is 0 Å². The van der Waals surface area contributed by atoms with Gasteiger partial charge in [-0.1, -0.05) is 105 Å².